The molecule has 1 saturated heterocycles. The molecular weight excluding hydrogens is 234 g/mol. The fourth-order valence-electron chi connectivity index (χ4n) is 1.85. The molecule has 0 amide bonds. The Balaban J connectivity index is 1.80. The fraction of sp³-hybridized carbons (Fsp3) is 0.538. The molecule has 0 aromatic heterocycles. The summed E-state index contributed by atoms with van der Waals surface area (Å²) in [5.74, 6) is -0.0226. The third-order valence-electron chi connectivity index (χ3n) is 2.75. The minimum atomic E-state index is -0.510. The zero-order chi connectivity index (χ0) is 13.2. The van der Waals surface area contributed by atoms with Crippen LogP contribution in [-0.4, -0.2) is 30.2 Å². The number of hydrogen-bond donors (Lipinski definition) is 2. The SMILES string of the molecule is CC1(C)OCC(CCOc2cc(N)ccc2O)O1. The van der Waals surface area contributed by atoms with Crippen molar-refractivity contribution in [2.45, 2.75) is 32.2 Å². The van der Waals surface area contributed by atoms with E-state index in [1.807, 2.05) is 13.8 Å². The van der Waals surface area contributed by atoms with Crippen molar-refractivity contribution >= 4 is 5.69 Å². The molecule has 3 N–H and O–H groups in total. The van der Waals surface area contributed by atoms with Gasteiger partial charge in [-0.15, -0.1) is 0 Å². The number of phenolic OH excluding ortho intramolecular Hbond substituents is 1. The van der Waals surface area contributed by atoms with E-state index < -0.39 is 5.79 Å². The van der Waals surface area contributed by atoms with Crippen LogP contribution in [0.3, 0.4) is 0 Å². The third-order valence-corrected chi connectivity index (χ3v) is 2.75. The van der Waals surface area contributed by atoms with Crippen LogP contribution in [0.4, 0.5) is 5.69 Å². The lowest BCUT2D eigenvalue weighted by Gasteiger charge is -2.17. The van der Waals surface area contributed by atoms with E-state index >= 15 is 0 Å². The van der Waals surface area contributed by atoms with Crippen LogP contribution in [0.25, 0.3) is 0 Å². The Morgan fingerprint density at radius 2 is 2.28 bits per heavy atom. The molecule has 1 unspecified atom stereocenters. The molecule has 0 aliphatic carbocycles. The second-order valence-electron chi connectivity index (χ2n) is 4.81. The standard InChI is InChI=1S/C13H19NO4/c1-13(2)17-8-10(18-13)5-6-16-12-7-9(14)3-4-11(12)15/h3-4,7,10,15H,5-6,8,14H2,1-2H3. The Kier molecular flexibility index (Phi) is 3.63. The van der Waals surface area contributed by atoms with Crippen molar-refractivity contribution < 1.29 is 19.3 Å². The first kappa shape index (κ1) is 13.0. The summed E-state index contributed by atoms with van der Waals surface area (Å²) < 4.78 is 16.6. The minimum Gasteiger partial charge on any atom is -0.504 e. The average molecular weight is 253 g/mol. The molecule has 18 heavy (non-hydrogen) atoms. The van der Waals surface area contributed by atoms with E-state index in [4.69, 9.17) is 19.9 Å². The smallest absolute Gasteiger partial charge is 0.163 e. The molecule has 0 bridgehead atoms. The van der Waals surface area contributed by atoms with Gasteiger partial charge >= 0.3 is 0 Å². The molecule has 5 heteroatoms. The number of rotatable bonds is 4. The van der Waals surface area contributed by atoms with Crippen LogP contribution in [0, 0.1) is 0 Å². The van der Waals surface area contributed by atoms with E-state index in [9.17, 15) is 5.11 Å². The predicted molar refractivity (Wildman–Crippen MR) is 67.5 cm³/mol. The molecule has 1 aliphatic heterocycles. The molecule has 1 aromatic carbocycles. The molecule has 5 nitrogen and oxygen atoms in total. The summed E-state index contributed by atoms with van der Waals surface area (Å²) in [6.45, 7) is 4.79. The monoisotopic (exact) mass is 253 g/mol. The highest BCUT2D eigenvalue weighted by Gasteiger charge is 2.32. The average Bonchev–Trinajstić information content (AvgIpc) is 2.63. The van der Waals surface area contributed by atoms with Gasteiger partial charge in [-0.3, -0.25) is 0 Å². The Labute approximate surface area is 106 Å². The van der Waals surface area contributed by atoms with Gasteiger partial charge in [0, 0.05) is 18.2 Å². The lowest BCUT2D eigenvalue weighted by atomic mass is 10.2. The summed E-state index contributed by atoms with van der Waals surface area (Å²) in [4.78, 5) is 0. The molecule has 2 rings (SSSR count). The molecule has 100 valence electrons. The van der Waals surface area contributed by atoms with E-state index in [1.165, 1.54) is 6.07 Å². The second kappa shape index (κ2) is 5.04. The van der Waals surface area contributed by atoms with Crippen molar-refractivity contribution in [3.05, 3.63) is 18.2 Å². The summed E-state index contributed by atoms with van der Waals surface area (Å²) in [6.07, 6.45) is 0.737. The van der Waals surface area contributed by atoms with E-state index in [0.29, 0.717) is 31.1 Å². The number of aromatic hydroxyl groups is 1. The predicted octanol–water partition coefficient (Wildman–Crippen LogP) is 1.89. The maximum absolute atomic E-state index is 9.57. The molecule has 1 aliphatic rings. The van der Waals surface area contributed by atoms with Crippen molar-refractivity contribution in [3.8, 4) is 11.5 Å². The van der Waals surface area contributed by atoms with Gasteiger partial charge in [-0.2, -0.15) is 0 Å². The largest absolute Gasteiger partial charge is 0.504 e. The Bertz CT molecular complexity index is 419. The van der Waals surface area contributed by atoms with Crippen molar-refractivity contribution in [2.24, 2.45) is 0 Å². The van der Waals surface area contributed by atoms with Gasteiger partial charge < -0.3 is 25.1 Å². The lowest BCUT2D eigenvalue weighted by Crippen LogP contribution is -2.22. The zero-order valence-corrected chi connectivity index (χ0v) is 10.7. The normalized spacial score (nSPS) is 22.0. The number of nitrogens with two attached hydrogens (primary N) is 1. The van der Waals surface area contributed by atoms with Gasteiger partial charge in [0.1, 0.15) is 0 Å². The molecule has 1 heterocycles. The summed E-state index contributed by atoms with van der Waals surface area (Å²) in [5, 5.41) is 9.57. The van der Waals surface area contributed by atoms with Crippen molar-refractivity contribution in [1.82, 2.24) is 0 Å². The molecule has 1 fully saturated rings. The van der Waals surface area contributed by atoms with Crippen molar-refractivity contribution in [2.75, 3.05) is 18.9 Å². The van der Waals surface area contributed by atoms with Crippen molar-refractivity contribution in [1.29, 1.82) is 0 Å². The maximum Gasteiger partial charge on any atom is 0.163 e. The highest BCUT2D eigenvalue weighted by Crippen LogP contribution is 2.29. The first-order valence-electron chi connectivity index (χ1n) is 5.99. The molecule has 1 aromatic rings. The molecule has 1 atom stereocenters. The van der Waals surface area contributed by atoms with Crippen LogP contribution in [0.15, 0.2) is 18.2 Å². The Morgan fingerprint density at radius 1 is 1.50 bits per heavy atom. The topological polar surface area (TPSA) is 73.9 Å². The minimum absolute atomic E-state index is 0.0307. The summed E-state index contributed by atoms with van der Waals surface area (Å²) in [7, 11) is 0. The van der Waals surface area contributed by atoms with E-state index in [2.05, 4.69) is 0 Å². The highest BCUT2D eigenvalue weighted by molar-refractivity contribution is 5.51. The number of nitrogen functional groups attached to an aromatic ring is 1. The van der Waals surface area contributed by atoms with Crippen LogP contribution >= 0.6 is 0 Å². The summed E-state index contributed by atoms with van der Waals surface area (Å²) in [5.41, 5.74) is 6.18. The van der Waals surface area contributed by atoms with Crippen LogP contribution in [0.2, 0.25) is 0 Å². The number of anilines is 1. The number of ether oxygens (including phenoxy) is 3. The van der Waals surface area contributed by atoms with Crippen LogP contribution in [0.5, 0.6) is 11.5 Å². The fourth-order valence-corrected chi connectivity index (χ4v) is 1.85. The van der Waals surface area contributed by atoms with E-state index in [0.717, 1.165) is 0 Å². The molecular formula is C13H19NO4. The van der Waals surface area contributed by atoms with E-state index in [-0.39, 0.29) is 11.9 Å². The van der Waals surface area contributed by atoms with Gasteiger partial charge in [-0.05, 0) is 26.0 Å². The van der Waals surface area contributed by atoms with Gasteiger partial charge in [-0.25, -0.2) is 0 Å². The quantitative estimate of drug-likeness (QED) is 0.633. The maximum atomic E-state index is 9.57. The van der Waals surface area contributed by atoms with Gasteiger partial charge in [0.05, 0.1) is 19.3 Å². The Hall–Kier alpha value is -1.46. The highest BCUT2D eigenvalue weighted by atomic mass is 16.7. The summed E-state index contributed by atoms with van der Waals surface area (Å²) in [6, 6.07) is 4.74. The van der Waals surface area contributed by atoms with Gasteiger partial charge in [0.2, 0.25) is 0 Å². The lowest BCUT2D eigenvalue weighted by molar-refractivity contribution is -0.139. The third kappa shape index (κ3) is 3.27. The first-order valence-corrected chi connectivity index (χ1v) is 5.99. The number of benzene rings is 1. The molecule has 0 radical (unpaired) electrons. The zero-order valence-electron chi connectivity index (χ0n) is 10.7. The second-order valence-corrected chi connectivity index (χ2v) is 4.81. The van der Waals surface area contributed by atoms with Crippen LogP contribution in [-0.2, 0) is 9.47 Å². The van der Waals surface area contributed by atoms with Gasteiger partial charge in [-0.1, -0.05) is 0 Å². The van der Waals surface area contributed by atoms with Crippen molar-refractivity contribution in [3.63, 3.8) is 0 Å². The number of phenols is 1. The first-order chi connectivity index (χ1) is 8.46. The Morgan fingerprint density at radius 3 is 2.94 bits per heavy atom. The molecule has 0 saturated carbocycles. The van der Waals surface area contributed by atoms with Crippen LogP contribution in [0.1, 0.15) is 20.3 Å². The summed E-state index contributed by atoms with van der Waals surface area (Å²) >= 11 is 0. The number of hydrogen-bond acceptors (Lipinski definition) is 5. The van der Waals surface area contributed by atoms with E-state index in [1.54, 1.807) is 12.1 Å². The molecule has 0 spiro atoms. The van der Waals surface area contributed by atoms with Gasteiger partial charge in [0.15, 0.2) is 17.3 Å². The van der Waals surface area contributed by atoms with Crippen LogP contribution < -0.4 is 10.5 Å². The van der Waals surface area contributed by atoms with Gasteiger partial charge in [0.25, 0.3) is 0 Å².